The summed E-state index contributed by atoms with van der Waals surface area (Å²) in [7, 11) is 0. The van der Waals surface area contributed by atoms with Crippen LogP contribution in [-0.4, -0.2) is 5.78 Å². The van der Waals surface area contributed by atoms with Gasteiger partial charge in [-0.15, -0.1) is 0 Å². The predicted octanol–water partition coefficient (Wildman–Crippen LogP) is 4.81. The quantitative estimate of drug-likeness (QED) is 0.538. The number of carbonyl (C=O) groups excluding carboxylic acids is 1. The highest BCUT2D eigenvalue weighted by molar-refractivity contribution is 5.78. The third kappa shape index (κ3) is 6.81. The van der Waals surface area contributed by atoms with Crippen LogP contribution in [0, 0.1) is 0 Å². The van der Waals surface area contributed by atoms with Crippen molar-refractivity contribution in [3.05, 3.63) is 11.6 Å². The SMILES string of the molecule is C/C1=C\CCCCCCCCCC(=O)CC1. The lowest BCUT2D eigenvalue weighted by molar-refractivity contribution is -0.119. The Hall–Kier alpha value is -0.590. The number of hydrogen-bond acceptors (Lipinski definition) is 1. The van der Waals surface area contributed by atoms with Crippen molar-refractivity contribution in [3.63, 3.8) is 0 Å². The second-order valence-electron chi connectivity index (χ2n) is 5.10. The molecule has 0 bridgehead atoms. The van der Waals surface area contributed by atoms with Gasteiger partial charge in [0.25, 0.3) is 0 Å². The predicted molar refractivity (Wildman–Crippen MR) is 69.6 cm³/mol. The second kappa shape index (κ2) is 8.55. The van der Waals surface area contributed by atoms with Gasteiger partial charge in [0.1, 0.15) is 5.78 Å². The number of hydrogen-bond donors (Lipinski definition) is 0. The Morgan fingerprint density at radius 2 is 1.44 bits per heavy atom. The second-order valence-corrected chi connectivity index (χ2v) is 5.10. The van der Waals surface area contributed by atoms with Crippen LogP contribution >= 0.6 is 0 Å². The van der Waals surface area contributed by atoms with E-state index in [9.17, 15) is 4.79 Å². The lowest BCUT2D eigenvalue weighted by Crippen LogP contribution is -1.98. The molecule has 0 fully saturated rings. The molecule has 16 heavy (non-hydrogen) atoms. The number of carbonyl (C=O) groups is 1. The molecule has 0 saturated carbocycles. The van der Waals surface area contributed by atoms with Crippen molar-refractivity contribution in [2.75, 3.05) is 0 Å². The third-order valence-corrected chi connectivity index (χ3v) is 3.45. The molecule has 0 unspecified atom stereocenters. The lowest BCUT2D eigenvalue weighted by Gasteiger charge is -2.05. The molecular formula is C15H26O. The smallest absolute Gasteiger partial charge is 0.133 e. The van der Waals surface area contributed by atoms with Crippen LogP contribution in [0.15, 0.2) is 11.6 Å². The highest BCUT2D eigenvalue weighted by Crippen LogP contribution is 2.14. The molecule has 0 aliphatic heterocycles. The Morgan fingerprint density at radius 3 is 2.19 bits per heavy atom. The normalized spacial score (nSPS) is 25.6. The van der Waals surface area contributed by atoms with Crippen LogP contribution in [0.25, 0.3) is 0 Å². The number of allylic oxidation sites excluding steroid dienone is 2. The molecule has 1 aliphatic carbocycles. The molecule has 0 N–H and O–H groups in total. The van der Waals surface area contributed by atoms with Crippen molar-refractivity contribution in [3.8, 4) is 0 Å². The van der Waals surface area contributed by atoms with Gasteiger partial charge in [0, 0.05) is 12.8 Å². The number of rotatable bonds is 0. The summed E-state index contributed by atoms with van der Waals surface area (Å²) in [6.45, 7) is 2.17. The molecule has 1 aliphatic rings. The van der Waals surface area contributed by atoms with E-state index in [1.165, 1.54) is 50.5 Å². The zero-order valence-electron chi connectivity index (χ0n) is 10.8. The van der Waals surface area contributed by atoms with Gasteiger partial charge in [-0.2, -0.15) is 0 Å². The van der Waals surface area contributed by atoms with Gasteiger partial charge in [-0.3, -0.25) is 4.79 Å². The molecule has 0 spiro atoms. The van der Waals surface area contributed by atoms with E-state index in [0.717, 1.165) is 25.7 Å². The Labute approximate surface area is 100 Å². The van der Waals surface area contributed by atoms with Gasteiger partial charge >= 0.3 is 0 Å². The zero-order chi connectivity index (χ0) is 11.6. The van der Waals surface area contributed by atoms with Crippen molar-refractivity contribution < 1.29 is 4.79 Å². The molecular weight excluding hydrogens is 196 g/mol. The van der Waals surface area contributed by atoms with Crippen molar-refractivity contribution in [1.82, 2.24) is 0 Å². The van der Waals surface area contributed by atoms with Gasteiger partial charge in [0.15, 0.2) is 0 Å². The molecule has 0 saturated heterocycles. The molecule has 0 atom stereocenters. The van der Waals surface area contributed by atoms with Crippen LogP contribution in [-0.2, 0) is 4.79 Å². The van der Waals surface area contributed by atoms with Crippen LogP contribution in [0.4, 0.5) is 0 Å². The first kappa shape index (κ1) is 13.5. The van der Waals surface area contributed by atoms with E-state index < -0.39 is 0 Å². The van der Waals surface area contributed by atoms with Crippen LogP contribution < -0.4 is 0 Å². The summed E-state index contributed by atoms with van der Waals surface area (Å²) >= 11 is 0. The van der Waals surface area contributed by atoms with E-state index in [1.807, 2.05) is 0 Å². The summed E-state index contributed by atoms with van der Waals surface area (Å²) in [5.74, 6) is 0.463. The van der Waals surface area contributed by atoms with E-state index in [2.05, 4.69) is 13.0 Å². The molecule has 0 radical (unpaired) electrons. The summed E-state index contributed by atoms with van der Waals surface area (Å²) in [6, 6.07) is 0. The van der Waals surface area contributed by atoms with E-state index in [4.69, 9.17) is 0 Å². The van der Waals surface area contributed by atoms with Crippen molar-refractivity contribution in [2.24, 2.45) is 0 Å². The fraction of sp³-hybridized carbons (Fsp3) is 0.800. The van der Waals surface area contributed by atoms with Crippen molar-refractivity contribution in [2.45, 2.75) is 77.6 Å². The van der Waals surface area contributed by atoms with E-state index in [1.54, 1.807) is 0 Å². The van der Waals surface area contributed by atoms with Crippen LogP contribution in [0.1, 0.15) is 77.6 Å². The average molecular weight is 222 g/mol. The van der Waals surface area contributed by atoms with Gasteiger partial charge in [-0.05, 0) is 32.6 Å². The molecule has 1 rings (SSSR count). The van der Waals surface area contributed by atoms with Crippen LogP contribution in [0.3, 0.4) is 0 Å². The standard InChI is InChI=1S/C15H26O/c1-14-10-8-6-4-2-3-5-7-9-11-15(16)13-12-14/h10H,2-9,11-13H2,1H3/b14-10+. The van der Waals surface area contributed by atoms with Crippen LogP contribution in [0.2, 0.25) is 0 Å². The van der Waals surface area contributed by atoms with Crippen molar-refractivity contribution >= 4 is 5.78 Å². The Morgan fingerprint density at radius 1 is 0.812 bits per heavy atom. The van der Waals surface area contributed by atoms with E-state index in [-0.39, 0.29) is 0 Å². The van der Waals surface area contributed by atoms with Gasteiger partial charge in [-0.25, -0.2) is 0 Å². The summed E-state index contributed by atoms with van der Waals surface area (Å²) < 4.78 is 0. The number of ketones is 1. The van der Waals surface area contributed by atoms with E-state index in [0.29, 0.717) is 5.78 Å². The Balaban J connectivity index is 2.33. The minimum atomic E-state index is 0.463. The highest BCUT2D eigenvalue weighted by Gasteiger charge is 2.03. The summed E-state index contributed by atoms with van der Waals surface area (Å²) in [4.78, 5) is 11.6. The number of Topliss-reactive ketones (excluding diaryl/α,β-unsaturated/α-hetero) is 1. The summed E-state index contributed by atoms with van der Waals surface area (Å²) in [6.07, 6.45) is 15.2. The van der Waals surface area contributed by atoms with Crippen molar-refractivity contribution in [1.29, 1.82) is 0 Å². The summed E-state index contributed by atoms with van der Waals surface area (Å²) in [5.41, 5.74) is 1.41. The maximum absolute atomic E-state index is 11.6. The Kier molecular flexibility index (Phi) is 7.20. The molecule has 92 valence electrons. The fourth-order valence-corrected chi connectivity index (χ4v) is 2.26. The maximum atomic E-state index is 11.6. The minimum absolute atomic E-state index is 0.463. The lowest BCUT2D eigenvalue weighted by atomic mass is 10.0. The van der Waals surface area contributed by atoms with Gasteiger partial charge in [0.2, 0.25) is 0 Å². The first-order chi connectivity index (χ1) is 7.79. The molecule has 0 amide bonds. The molecule has 0 aromatic carbocycles. The Bertz CT molecular complexity index is 228. The molecule has 1 nitrogen and oxygen atoms in total. The first-order valence-corrected chi connectivity index (χ1v) is 6.96. The minimum Gasteiger partial charge on any atom is -0.300 e. The average Bonchev–Trinajstić information content (AvgIpc) is 2.28. The van der Waals surface area contributed by atoms with Crippen LogP contribution in [0.5, 0.6) is 0 Å². The summed E-state index contributed by atoms with van der Waals surface area (Å²) in [5, 5.41) is 0. The van der Waals surface area contributed by atoms with Gasteiger partial charge in [-0.1, -0.05) is 43.8 Å². The first-order valence-electron chi connectivity index (χ1n) is 6.96. The molecule has 1 heteroatoms. The van der Waals surface area contributed by atoms with Gasteiger partial charge in [0.05, 0.1) is 0 Å². The monoisotopic (exact) mass is 222 g/mol. The van der Waals surface area contributed by atoms with Gasteiger partial charge < -0.3 is 0 Å². The fourth-order valence-electron chi connectivity index (χ4n) is 2.26. The zero-order valence-corrected chi connectivity index (χ0v) is 10.8. The molecule has 0 aromatic heterocycles. The highest BCUT2D eigenvalue weighted by atomic mass is 16.1. The molecule has 0 aromatic rings. The largest absolute Gasteiger partial charge is 0.300 e. The third-order valence-electron chi connectivity index (χ3n) is 3.45. The topological polar surface area (TPSA) is 17.1 Å². The molecule has 0 heterocycles. The maximum Gasteiger partial charge on any atom is 0.133 e. The van der Waals surface area contributed by atoms with E-state index >= 15 is 0 Å².